The SMILES string of the molecule is CC1=CC=C2N=C(C)C(C)=C12.CC1=Cc2c(-c3ccccc3)cccc2C1[Si]. The molecule has 0 N–H and O–H groups in total. The molecular weight excluding hydrogens is 354 g/mol. The maximum atomic E-state index is 4.43. The summed E-state index contributed by atoms with van der Waals surface area (Å²) in [5.41, 5.74) is 13.4. The van der Waals surface area contributed by atoms with Crippen LogP contribution in [-0.2, 0) is 0 Å². The second kappa shape index (κ2) is 7.37. The fourth-order valence-electron chi connectivity index (χ4n) is 4.02. The van der Waals surface area contributed by atoms with E-state index in [1.54, 1.807) is 0 Å². The number of allylic oxidation sites excluding steroid dienone is 5. The summed E-state index contributed by atoms with van der Waals surface area (Å²) in [5, 5.41) is 0. The highest BCUT2D eigenvalue weighted by molar-refractivity contribution is 6.16. The minimum absolute atomic E-state index is 0.369. The van der Waals surface area contributed by atoms with E-state index in [2.05, 4.69) is 110 Å². The Morgan fingerprint density at radius 1 is 0.857 bits per heavy atom. The fourth-order valence-corrected chi connectivity index (χ4v) is 4.36. The number of aliphatic imine (C=N–C) groups is 1. The molecule has 0 bridgehead atoms. The van der Waals surface area contributed by atoms with Crippen molar-refractivity contribution in [2.45, 2.75) is 33.2 Å². The molecule has 5 rings (SSSR count). The number of fused-ring (bicyclic) bond motifs is 2. The van der Waals surface area contributed by atoms with E-state index < -0.39 is 0 Å². The topological polar surface area (TPSA) is 12.4 Å². The predicted molar refractivity (Wildman–Crippen MR) is 122 cm³/mol. The van der Waals surface area contributed by atoms with Crippen molar-refractivity contribution in [3.05, 3.63) is 99.8 Å². The molecule has 0 amide bonds. The number of hydrogen-bond acceptors (Lipinski definition) is 1. The third-order valence-electron chi connectivity index (χ3n) is 5.71. The second-order valence-electron chi connectivity index (χ2n) is 7.59. The molecule has 0 spiro atoms. The molecule has 1 aliphatic heterocycles. The highest BCUT2D eigenvalue weighted by Crippen LogP contribution is 2.39. The van der Waals surface area contributed by atoms with Crippen LogP contribution >= 0.6 is 0 Å². The van der Waals surface area contributed by atoms with E-state index in [1.807, 2.05) is 0 Å². The molecule has 28 heavy (non-hydrogen) atoms. The lowest BCUT2D eigenvalue weighted by atomic mass is 9.97. The first-order valence-corrected chi connectivity index (χ1v) is 10.3. The zero-order valence-corrected chi connectivity index (χ0v) is 17.9. The lowest BCUT2D eigenvalue weighted by Gasteiger charge is -2.10. The Balaban J connectivity index is 0.000000151. The van der Waals surface area contributed by atoms with Gasteiger partial charge in [-0.15, -0.1) is 0 Å². The molecule has 2 aliphatic carbocycles. The fraction of sp³-hybridized carbons (Fsp3) is 0.192. The van der Waals surface area contributed by atoms with Crippen molar-refractivity contribution >= 4 is 22.0 Å². The van der Waals surface area contributed by atoms with E-state index >= 15 is 0 Å². The van der Waals surface area contributed by atoms with Crippen LogP contribution in [0.4, 0.5) is 0 Å². The maximum Gasteiger partial charge on any atom is 0.0711 e. The molecule has 0 aromatic heterocycles. The Morgan fingerprint density at radius 2 is 1.61 bits per heavy atom. The summed E-state index contributed by atoms with van der Waals surface area (Å²) in [7, 11) is 3.79. The number of hydrogen-bond donors (Lipinski definition) is 0. The van der Waals surface area contributed by atoms with Gasteiger partial charge in [0.25, 0.3) is 0 Å². The van der Waals surface area contributed by atoms with Crippen LogP contribution in [0.2, 0.25) is 0 Å². The van der Waals surface area contributed by atoms with Crippen LogP contribution < -0.4 is 0 Å². The van der Waals surface area contributed by atoms with Crippen LogP contribution in [0.25, 0.3) is 17.2 Å². The van der Waals surface area contributed by atoms with Crippen LogP contribution in [0.1, 0.15) is 44.4 Å². The molecule has 2 aromatic rings. The number of benzene rings is 2. The zero-order valence-electron chi connectivity index (χ0n) is 16.9. The van der Waals surface area contributed by atoms with E-state index in [-0.39, 0.29) is 0 Å². The Kier molecular flexibility index (Phi) is 4.90. The van der Waals surface area contributed by atoms with E-state index in [9.17, 15) is 0 Å². The molecule has 3 radical (unpaired) electrons. The minimum atomic E-state index is 0.369. The van der Waals surface area contributed by atoms with Gasteiger partial charge in [0.2, 0.25) is 0 Å². The zero-order chi connectivity index (χ0) is 19.8. The van der Waals surface area contributed by atoms with Gasteiger partial charge in [-0.1, -0.05) is 66.3 Å². The maximum absolute atomic E-state index is 4.43. The van der Waals surface area contributed by atoms with Crippen molar-refractivity contribution in [2.24, 2.45) is 4.99 Å². The summed E-state index contributed by atoms with van der Waals surface area (Å²) >= 11 is 0. The summed E-state index contributed by atoms with van der Waals surface area (Å²) in [4.78, 5) is 4.43. The van der Waals surface area contributed by atoms with Gasteiger partial charge in [0.1, 0.15) is 0 Å². The van der Waals surface area contributed by atoms with Crippen LogP contribution in [0.5, 0.6) is 0 Å². The molecule has 0 saturated carbocycles. The summed E-state index contributed by atoms with van der Waals surface area (Å²) < 4.78 is 0. The van der Waals surface area contributed by atoms with Gasteiger partial charge in [0, 0.05) is 21.5 Å². The summed E-state index contributed by atoms with van der Waals surface area (Å²) in [6, 6.07) is 17.1. The van der Waals surface area contributed by atoms with Crippen molar-refractivity contribution in [1.29, 1.82) is 0 Å². The summed E-state index contributed by atoms with van der Waals surface area (Å²) in [6.45, 7) is 8.51. The standard InChI is InChI=1S/C16H13Si.C10H11N/c1-11-10-15-13(12-6-3-2-4-7-12)8-5-9-14(15)16(11)17;1-6-4-5-9-10(6)7(2)8(3)11-9/h2-10,16H,1H3;4-5H,1-3H3. The average Bonchev–Trinajstić information content (AvgIpc) is 3.31. The Morgan fingerprint density at radius 3 is 2.32 bits per heavy atom. The quantitative estimate of drug-likeness (QED) is 0.496. The van der Waals surface area contributed by atoms with Crippen molar-refractivity contribution in [1.82, 2.24) is 0 Å². The molecule has 1 heterocycles. The predicted octanol–water partition coefficient (Wildman–Crippen LogP) is 6.60. The third kappa shape index (κ3) is 3.18. The van der Waals surface area contributed by atoms with Crippen LogP contribution in [0.3, 0.4) is 0 Å². The van der Waals surface area contributed by atoms with Gasteiger partial charge in [-0.3, -0.25) is 4.99 Å². The van der Waals surface area contributed by atoms with Gasteiger partial charge < -0.3 is 0 Å². The van der Waals surface area contributed by atoms with E-state index in [0.717, 1.165) is 5.70 Å². The smallest absolute Gasteiger partial charge is 0.0711 e. The van der Waals surface area contributed by atoms with Gasteiger partial charge in [-0.05, 0) is 72.7 Å². The van der Waals surface area contributed by atoms with Gasteiger partial charge in [-0.2, -0.15) is 0 Å². The Bertz CT molecular complexity index is 1090. The molecular formula is C26H24NSi. The van der Waals surface area contributed by atoms with E-state index in [0.29, 0.717) is 5.54 Å². The Labute approximate surface area is 171 Å². The van der Waals surface area contributed by atoms with Crippen LogP contribution in [0.15, 0.2) is 93.7 Å². The summed E-state index contributed by atoms with van der Waals surface area (Å²) in [5.74, 6) is 0. The van der Waals surface area contributed by atoms with Gasteiger partial charge in [0.05, 0.1) is 5.70 Å². The number of rotatable bonds is 1. The second-order valence-corrected chi connectivity index (χ2v) is 8.17. The molecule has 3 aliphatic rings. The lowest BCUT2D eigenvalue weighted by molar-refractivity contribution is 1.14. The van der Waals surface area contributed by atoms with E-state index in [4.69, 9.17) is 0 Å². The molecule has 1 unspecified atom stereocenters. The summed E-state index contributed by atoms with van der Waals surface area (Å²) in [6.07, 6.45) is 6.50. The first-order valence-electron chi connectivity index (χ1n) is 9.71. The van der Waals surface area contributed by atoms with Crippen molar-refractivity contribution in [3.63, 3.8) is 0 Å². The molecule has 1 nitrogen and oxygen atoms in total. The molecule has 2 aromatic carbocycles. The first-order chi connectivity index (χ1) is 13.5. The van der Waals surface area contributed by atoms with Gasteiger partial charge in [0.15, 0.2) is 0 Å². The lowest BCUT2D eigenvalue weighted by Crippen LogP contribution is -1.95. The highest BCUT2D eigenvalue weighted by atomic mass is 28.1. The van der Waals surface area contributed by atoms with Gasteiger partial charge >= 0.3 is 0 Å². The van der Waals surface area contributed by atoms with E-state index in [1.165, 1.54) is 50.3 Å². The largest absolute Gasteiger partial charge is 0.253 e. The molecule has 0 fully saturated rings. The third-order valence-corrected chi connectivity index (χ3v) is 6.48. The van der Waals surface area contributed by atoms with Crippen LogP contribution in [0, 0.1) is 0 Å². The molecule has 137 valence electrons. The first kappa shape index (κ1) is 18.6. The monoisotopic (exact) mass is 378 g/mol. The number of nitrogens with zero attached hydrogens (tertiary/aromatic N) is 1. The minimum Gasteiger partial charge on any atom is -0.253 e. The van der Waals surface area contributed by atoms with Crippen molar-refractivity contribution in [3.8, 4) is 11.1 Å². The highest BCUT2D eigenvalue weighted by Gasteiger charge is 2.21. The van der Waals surface area contributed by atoms with Crippen LogP contribution in [-0.4, -0.2) is 16.0 Å². The Hall–Kier alpha value is -2.71. The average molecular weight is 379 g/mol. The van der Waals surface area contributed by atoms with Crippen molar-refractivity contribution in [2.75, 3.05) is 0 Å². The molecule has 0 saturated heterocycles. The molecule has 1 atom stereocenters. The van der Waals surface area contributed by atoms with Gasteiger partial charge in [-0.25, -0.2) is 0 Å². The normalized spacial score (nSPS) is 19.2. The molecule has 2 heteroatoms. The van der Waals surface area contributed by atoms with Crippen molar-refractivity contribution < 1.29 is 0 Å².